The monoisotopic (exact) mass is 164 g/mol. The van der Waals surface area contributed by atoms with Crippen molar-refractivity contribution in [3.8, 4) is 0 Å². The standard InChI is InChI=1S/C2H2O4.ClH.H3N.Na/c3-1(4)2(5)6;;;/h(H,3,4)(H,5,6);1H;1H3;/q;;;+1/p-2. The second-order valence-electron chi connectivity index (χ2n) is 0.575. The minimum absolute atomic E-state index is 0. The molecule has 0 bridgehead atoms. The van der Waals surface area contributed by atoms with Crippen LogP contribution in [0.25, 0.3) is 0 Å². The molecule has 0 aliphatic rings. The summed E-state index contributed by atoms with van der Waals surface area (Å²) in [6.45, 7) is 0. The first kappa shape index (κ1) is 22.9. The Labute approximate surface area is 79.7 Å². The fourth-order valence-corrected chi connectivity index (χ4v) is 0. The molecule has 0 heterocycles. The van der Waals surface area contributed by atoms with E-state index in [1.807, 2.05) is 0 Å². The van der Waals surface area contributed by atoms with Crippen molar-refractivity contribution in [2.45, 2.75) is 0 Å². The van der Waals surface area contributed by atoms with E-state index in [2.05, 4.69) is 0 Å². The van der Waals surface area contributed by atoms with Gasteiger partial charge in [0.1, 0.15) is 0 Å². The predicted molar refractivity (Wildman–Crippen MR) is 16.0 cm³/mol. The second-order valence-corrected chi connectivity index (χ2v) is 0.575. The van der Waals surface area contributed by atoms with Crippen LogP contribution >= 0.6 is 0 Å². The van der Waals surface area contributed by atoms with Crippen LogP contribution in [0.3, 0.4) is 0 Å². The van der Waals surface area contributed by atoms with Crippen molar-refractivity contribution in [1.29, 1.82) is 0 Å². The molecule has 5 nitrogen and oxygen atoms in total. The molecule has 9 heavy (non-hydrogen) atoms. The van der Waals surface area contributed by atoms with E-state index in [9.17, 15) is 0 Å². The van der Waals surface area contributed by atoms with Gasteiger partial charge < -0.3 is 38.4 Å². The third-order valence-corrected chi connectivity index (χ3v) is 0.167. The number of quaternary nitrogens is 1. The topological polar surface area (TPSA) is 117 Å². The normalized spacial score (nSPS) is 4.89. The molecule has 0 aromatic rings. The minimum atomic E-state index is -2.19. The molecule has 0 saturated heterocycles. The van der Waals surface area contributed by atoms with Crippen LogP contribution < -0.4 is 58.3 Å². The second kappa shape index (κ2) is 11.0. The SMILES string of the molecule is O=C([O-])C(=O)[O-].[Cl-].[NH4+].[Na+]. The molecule has 0 unspecified atom stereocenters. The summed E-state index contributed by atoms with van der Waals surface area (Å²) in [4.78, 5) is 17.9. The molecule has 0 spiro atoms. The summed E-state index contributed by atoms with van der Waals surface area (Å²) >= 11 is 0. The third kappa shape index (κ3) is 17.9. The predicted octanol–water partition coefficient (Wildman–Crippen LogP) is -9.13. The van der Waals surface area contributed by atoms with Gasteiger partial charge in [0.25, 0.3) is 0 Å². The Hall–Kier alpha value is 0.190. The van der Waals surface area contributed by atoms with Gasteiger partial charge in [-0.1, -0.05) is 0 Å². The Morgan fingerprint density at radius 1 is 1.00 bits per heavy atom. The van der Waals surface area contributed by atoms with Crippen LogP contribution in [-0.2, 0) is 9.59 Å². The van der Waals surface area contributed by atoms with Gasteiger partial charge in [-0.3, -0.25) is 0 Å². The van der Waals surface area contributed by atoms with Crippen molar-refractivity contribution in [1.82, 2.24) is 6.15 Å². The number of carboxylic acid groups (broad SMARTS) is 2. The molecule has 0 amide bonds. The maximum Gasteiger partial charge on any atom is 1.00 e. The van der Waals surface area contributed by atoms with E-state index < -0.39 is 11.9 Å². The first-order valence-corrected chi connectivity index (χ1v) is 1.07. The van der Waals surface area contributed by atoms with E-state index in [4.69, 9.17) is 19.8 Å². The number of rotatable bonds is 0. The van der Waals surface area contributed by atoms with Gasteiger partial charge in [0.05, 0.1) is 11.9 Å². The molecule has 7 heteroatoms. The van der Waals surface area contributed by atoms with Crippen molar-refractivity contribution in [3.05, 3.63) is 0 Å². The van der Waals surface area contributed by atoms with Gasteiger partial charge in [-0.2, -0.15) is 0 Å². The first-order valence-electron chi connectivity index (χ1n) is 1.07. The zero-order valence-corrected chi connectivity index (χ0v) is 7.77. The van der Waals surface area contributed by atoms with Crippen molar-refractivity contribution in [3.63, 3.8) is 0 Å². The molecule has 0 aliphatic heterocycles. The van der Waals surface area contributed by atoms with E-state index >= 15 is 0 Å². The third-order valence-electron chi connectivity index (χ3n) is 0.167. The van der Waals surface area contributed by atoms with Crippen LogP contribution in [0.5, 0.6) is 0 Å². The fourth-order valence-electron chi connectivity index (χ4n) is 0. The summed E-state index contributed by atoms with van der Waals surface area (Å²) < 4.78 is 0. The van der Waals surface area contributed by atoms with Crippen LogP contribution in [0.4, 0.5) is 0 Å². The van der Waals surface area contributed by atoms with E-state index in [1.165, 1.54) is 0 Å². The first-order chi connectivity index (χ1) is 2.64. The molecule has 0 fully saturated rings. The van der Waals surface area contributed by atoms with Crippen LogP contribution in [0.15, 0.2) is 0 Å². The van der Waals surface area contributed by atoms with Crippen LogP contribution in [0.1, 0.15) is 0 Å². The van der Waals surface area contributed by atoms with Crippen LogP contribution in [0, 0.1) is 0 Å². The number of carbonyl (C=O) groups is 2. The maximum absolute atomic E-state index is 8.93. The molecule has 0 atom stereocenters. The quantitative estimate of drug-likeness (QED) is 0.283. The van der Waals surface area contributed by atoms with Gasteiger partial charge in [-0.25, -0.2) is 0 Å². The van der Waals surface area contributed by atoms with E-state index in [-0.39, 0.29) is 48.1 Å². The van der Waals surface area contributed by atoms with Crippen molar-refractivity contribution in [2.24, 2.45) is 0 Å². The molecule has 50 valence electrons. The molecule has 0 radical (unpaired) electrons. The van der Waals surface area contributed by atoms with Gasteiger partial charge in [0.15, 0.2) is 0 Å². The molecular weight excluding hydrogens is 160 g/mol. The number of hydrogen-bond acceptors (Lipinski definition) is 4. The average Bonchev–Trinajstić information content (AvgIpc) is 1.36. The molecule has 0 rings (SSSR count). The van der Waals surface area contributed by atoms with Gasteiger partial charge in [-0.15, -0.1) is 0 Å². The van der Waals surface area contributed by atoms with Crippen LogP contribution in [-0.4, -0.2) is 11.9 Å². The molecule has 0 aromatic carbocycles. The average molecular weight is 164 g/mol. The van der Waals surface area contributed by atoms with E-state index in [0.29, 0.717) is 0 Å². The zero-order chi connectivity index (χ0) is 5.15. The number of carboxylic acids is 2. The summed E-state index contributed by atoms with van der Waals surface area (Å²) in [7, 11) is 0. The molecule has 0 saturated carbocycles. The summed E-state index contributed by atoms with van der Waals surface area (Å²) in [5.74, 6) is -4.37. The van der Waals surface area contributed by atoms with E-state index in [1.54, 1.807) is 0 Å². The molecule has 4 N–H and O–H groups in total. The minimum Gasteiger partial charge on any atom is -1.00 e. The fraction of sp³-hybridized carbons (Fsp3) is 0. The van der Waals surface area contributed by atoms with Gasteiger partial charge in [0, 0.05) is 0 Å². The molecule has 0 aromatic heterocycles. The zero-order valence-electron chi connectivity index (χ0n) is 5.01. The van der Waals surface area contributed by atoms with E-state index in [0.717, 1.165) is 0 Å². The van der Waals surface area contributed by atoms with Crippen molar-refractivity contribution in [2.75, 3.05) is 0 Å². The van der Waals surface area contributed by atoms with Crippen LogP contribution in [0.2, 0.25) is 0 Å². The number of aliphatic carboxylic acids is 2. The Morgan fingerprint density at radius 3 is 1.11 bits per heavy atom. The summed E-state index contributed by atoms with van der Waals surface area (Å²) in [6, 6.07) is 0. The van der Waals surface area contributed by atoms with Gasteiger partial charge in [-0.05, 0) is 0 Å². The van der Waals surface area contributed by atoms with Gasteiger partial charge in [0.2, 0.25) is 0 Å². The maximum atomic E-state index is 8.93. The summed E-state index contributed by atoms with van der Waals surface area (Å²) in [5, 5.41) is 17.9. The Bertz CT molecular complexity index is 84.6. The smallest absolute Gasteiger partial charge is 1.00 e. The molecular formula is C2H4ClNNaO4-. The number of halogens is 1. The Kier molecular flexibility index (Phi) is 28.1. The Balaban J connectivity index is -0.0000000417. The van der Waals surface area contributed by atoms with Crippen molar-refractivity contribution < 1.29 is 61.8 Å². The summed E-state index contributed by atoms with van der Waals surface area (Å²) in [5.41, 5.74) is 0. The van der Waals surface area contributed by atoms with Crippen molar-refractivity contribution >= 4 is 11.9 Å². The number of carbonyl (C=O) groups excluding carboxylic acids is 2. The largest absolute Gasteiger partial charge is 1.00 e. The molecule has 0 aliphatic carbocycles. The summed E-state index contributed by atoms with van der Waals surface area (Å²) in [6.07, 6.45) is 0. The van der Waals surface area contributed by atoms with Gasteiger partial charge >= 0.3 is 29.6 Å². The Morgan fingerprint density at radius 2 is 1.11 bits per heavy atom. The number of hydrogen-bond donors (Lipinski definition) is 1.